The highest BCUT2D eigenvalue weighted by molar-refractivity contribution is 7.80. The van der Waals surface area contributed by atoms with E-state index in [0.717, 1.165) is 0 Å². The zero-order valence-corrected chi connectivity index (χ0v) is 14.2. The summed E-state index contributed by atoms with van der Waals surface area (Å²) in [7, 11) is 0. The van der Waals surface area contributed by atoms with E-state index < -0.39 is 12.8 Å². The summed E-state index contributed by atoms with van der Waals surface area (Å²) < 4.78 is 41.7. The van der Waals surface area contributed by atoms with Gasteiger partial charge in [0.25, 0.3) is 0 Å². The van der Waals surface area contributed by atoms with Gasteiger partial charge in [0.1, 0.15) is 13.3 Å². The smallest absolute Gasteiger partial charge is 0.350 e. The fraction of sp³-hybridized carbons (Fsp3) is 0.231. The second-order valence-electron chi connectivity index (χ2n) is 4.56. The van der Waals surface area contributed by atoms with Gasteiger partial charge in [0, 0.05) is 5.02 Å². The molecular weight excluding hydrogens is 388 g/mol. The second kappa shape index (κ2) is 8.02. The van der Waals surface area contributed by atoms with Crippen molar-refractivity contribution in [2.45, 2.75) is 12.9 Å². The highest BCUT2D eigenvalue weighted by Gasteiger charge is 2.27. The molecule has 0 radical (unpaired) electrons. The summed E-state index contributed by atoms with van der Waals surface area (Å²) in [6, 6.07) is 4.87. The van der Waals surface area contributed by atoms with Crippen LogP contribution in [-0.2, 0) is 11.5 Å². The van der Waals surface area contributed by atoms with Gasteiger partial charge in [-0.1, -0.05) is 23.2 Å². The van der Waals surface area contributed by atoms with Gasteiger partial charge in [-0.05, 0) is 30.4 Å². The van der Waals surface area contributed by atoms with Crippen molar-refractivity contribution in [2.24, 2.45) is 0 Å². The molecule has 2 aromatic rings. The van der Waals surface area contributed by atoms with Crippen molar-refractivity contribution < 1.29 is 17.9 Å². The molecule has 0 aliphatic heterocycles. The van der Waals surface area contributed by atoms with E-state index in [0.29, 0.717) is 21.4 Å². The normalized spacial score (nSPS) is 11.4. The third-order valence-corrected chi connectivity index (χ3v) is 3.31. The second-order valence-corrected chi connectivity index (χ2v) is 5.82. The van der Waals surface area contributed by atoms with E-state index in [2.05, 4.69) is 20.5 Å². The van der Waals surface area contributed by atoms with Gasteiger partial charge in [-0.15, -0.1) is 0 Å². The minimum Gasteiger partial charge on any atom is -0.350 e. The molecule has 0 saturated carbocycles. The molecule has 0 saturated heterocycles. The number of halogens is 5. The van der Waals surface area contributed by atoms with Gasteiger partial charge >= 0.3 is 6.18 Å². The SMILES string of the molecule is FC(F)(F)COCn1cc(NC(=S)Nc2ccc(Cl)cc2Cl)cn1. The molecule has 1 heterocycles. The highest BCUT2D eigenvalue weighted by Crippen LogP contribution is 2.25. The van der Waals surface area contributed by atoms with Crippen LogP contribution < -0.4 is 10.6 Å². The molecule has 0 aliphatic carbocycles. The molecule has 0 amide bonds. The summed E-state index contributed by atoms with van der Waals surface area (Å²) in [6.07, 6.45) is -1.53. The summed E-state index contributed by atoms with van der Waals surface area (Å²) in [5.74, 6) is 0. The summed E-state index contributed by atoms with van der Waals surface area (Å²) in [5, 5.41) is 10.7. The maximum absolute atomic E-state index is 12.0. The van der Waals surface area contributed by atoms with Crippen LogP contribution in [0, 0.1) is 0 Å². The van der Waals surface area contributed by atoms with Crippen LogP contribution in [0.25, 0.3) is 0 Å². The van der Waals surface area contributed by atoms with E-state index in [1.165, 1.54) is 17.1 Å². The first kappa shape index (κ1) is 18.8. The monoisotopic (exact) mass is 398 g/mol. The Morgan fingerprint density at radius 3 is 2.71 bits per heavy atom. The number of nitrogens with one attached hydrogen (secondary N) is 2. The Hall–Kier alpha value is -1.55. The third-order valence-electron chi connectivity index (χ3n) is 2.56. The summed E-state index contributed by atoms with van der Waals surface area (Å²) in [6.45, 7) is -1.67. The molecule has 130 valence electrons. The van der Waals surface area contributed by atoms with Crippen molar-refractivity contribution in [3.8, 4) is 0 Å². The Morgan fingerprint density at radius 2 is 2.04 bits per heavy atom. The topological polar surface area (TPSA) is 51.1 Å². The minimum atomic E-state index is -4.38. The maximum atomic E-state index is 12.0. The first-order valence-electron chi connectivity index (χ1n) is 6.43. The van der Waals surface area contributed by atoms with Crippen LogP contribution in [0.1, 0.15) is 0 Å². The lowest BCUT2D eigenvalue weighted by Crippen LogP contribution is -2.19. The van der Waals surface area contributed by atoms with E-state index >= 15 is 0 Å². The molecule has 1 aromatic carbocycles. The first-order valence-corrected chi connectivity index (χ1v) is 7.59. The van der Waals surface area contributed by atoms with Crippen LogP contribution in [0.3, 0.4) is 0 Å². The highest BCUT2D eigenvalue weighted by atomic mass is 35.5. The number of rotatable bonds is 5. The third kappa shape index (κ3) is 6.16. The molecule has 5 nitrogen and oxygen atoms in total. The fourth-order valence-electron chi connectivity index (χ4n) is 1.63. The molecule has 11 heteroatoms. The number of anilines is 2. The van der Waals surface area contributed by atoms with Gasteiger partial charge < -0.3 is 15.4 Å². The minimum absolute atomic E-state index is 0.231. The number of ether oxygens (including phenoxy) is 1. The Bertz CT molecular complexity index is 723. The number of alkyl halides is 3. The van der Waals surface area contributed by atoms with Crippen LogP contribution in [0.5, 0.6) is 0 Å². The van der Waals surface area contributed by atoms with Crippen molar-refractivity contribution in [1.82, 2.24) is 9.78 Å². The van der Waals surface area contributed by atoms with Crippen molar-refractivity contribution in [3.05, 3.63) is 40.6 Å². The van der Waals surface area contributed by atoms with Crippen molar-refractivity contribution in [1.29, 1.82) is 0 Å². The van der Waals surface area contributed by atoms with Crippen molar-refractivity contribution in [2.75, 3.05) is 17.2 Å². The molecule has 0 spiro atoms. The van der Waals surface area contributed by atoms with Crippen LogP contribution >= 0.6 is 35.4 Å². The molecule has 2 N–H and O–H groups in total. The standard InChI is InChI=1S/C13H11Cl2F3N4OS/c14-8-1-2-11(10(15)3-8)21-12(24)20-9-4-19-22(5-9)7-23-6-13(16,17)18/h1-5H,6-7H2,(H2,20,21,24). The quantitative estimate of drug-likeness (QED) is 0.724. The van der Waals surface area contributed by atoms with Gasteiger partial charge in [0.05, 0.1) is 28.8 Å². The van der Waals surface area contributed by atoms with E-state index in [9.17, 15) is 13.2 Å². The zero-order chi connectivity index (χ0) is 17.7. The Labute approximate surface area is 150 Å². The summed E-state index contributed by atoms with van der Waals surface area (Å²) in [5.41, 5.74) is 1.03. The lowest BCUT2D eigenvalue weighted by Gasteiger charge is -2.10. The van der Waals surface area contributed by atoms with E-state index in [1.807, 2.05) is 0 Å². The summed E-state index contributed by atoms with van der Waals surface area (Å²) in [4.78, 5) is 0. The largest absolute Gasteiger partial charge is 0.411 e. The van der Waals surface area contributed by atoms with Crippen LogP contribution in [0.15, 0.2) is 30.6 Å². The number of hydrogen-bond acceptors (Lipinski definition) is 3. The van der Waals surface area contributed by atoms with E-state index in [1.54, 1.807) is 18.2 Å². The molecule has 0 atom stereocenters. The molecule has 2 rings (SSSR count). The average Bonchev–Trinajstić information content (AvgIpc) is 2.88. The van der Waals surface area contributed by atoms with Crippen molar-refractivity contribution in [3.63, 3.8) is 0 Å². The van der Waals surface area contributed by atoms with Gasteiger partial charge in [0.15, 0.2) is 5.11 Å². The number of thiocarbonyl (C=S) groups is 1. The number of aromatic nitrogens is 2. The number of nitrogens with zero attached hydrogens (tertiary/aromatic N) is 2. The lowest BCUT2D eigenvalue weighted by molar-refractivity contribution is -0.182. The molecule has 0 fully saturated rings. The van der Waals surface area contributed by atoms with E-state index in [4.69, 9.17) is 35.4 Å². The van der Waals surface area contributed by atoms with Crippen LogP contribution in [-0.4, -0.2) is 27.7 Å². The van der Waals surface area contributed by atoms with Gasteiger partial charge in [-0.25, -0.2) is 4.68 Å². The predicted molar refractivity (Wildman–Crippen MR) is 90.5 cm³/mol. The summed E-state index contributed by atoms with van der Waals surface area (Å²) >= 11 is 16.9. The maximum Gasteiger partial charge on any atom is 0.411 e. The number of hydrogen-bond donors (Lipinski definition) is 2. The molecule has 24 heavy (non-hydrogen) atoms. The van der Waals surface area contributed by atoms with Gasteiger partial charge in [-0.3, -0.25) is 0 Å². The molecule has 1 aromatic heterocycles. The molecular formula is C13H11Cl2F3N4OS. The average molecular weight is 399 g/mol. The van der Waals surface area contributed by atoms with Crippen LogP contribution in [0.2, 0.25) is 10.0 Å². The van der Waals surface area contributed by atoms with Crippen molar-refractivity contribution >= 4 is 51.9 Å². The van der Waals surface area contributed by atoms with Gasteiger partial charge in [0.2, 0.25) is 0 Å². The zero-order valence-electron chi connectivity index (χ0n) is 11.9. The Morgan fingerprint density at radius 1 is 1.29 bits per heavy atom. The molecule has 0 bridgehead atoms. The Balaban J connectivity index is 1.86. The van der Waals surface area contributed by atoms with E-state index in [-0.39, 0.29) is 11.8 Å². The van der Waals surface area contributed by atoms with Crippen LogP contribution in [0.4, 0.5) is 24.5 Å². The fourth-order valence-corrected chi connectivity index (χ4v) is 2.31. The number of benzene rings is 1. The van der Waals surface area contributed by atoms with Gasteiger partial charge in [-0.2, -0.15) is 18.3 Å². The Kier molecular flexibility index (Phi) is 6.27. The molecule has 0 unspecified atom stereocenters. The first-order chi connectivity index (χ1) is 11.2. The predicted octanol–water partition coefficient (Wildman–Crippen LogP) is 4.54. The molecule has 0 aliphatic rings. The lowest BCUT2D eigenvalue weighted by atomic mass is 10.3.